The Labute approximate surface area is 86.2 Å². The van der Waals surface area contributed by atoms with Crippen LogP contribution in [0.15, 0.2) is 36.5 Å². The molecule has 0 bridgehead atoms. The van der Waals surface area contributed by atoms with E-state index in [1.807, 2.05) is 0 Å². The average Bonchev–Trinajstić information content (AvgIpc) is 2.64. The molecule has 0 aliphatic carbocycles. The molecule has 1 aromatic carbocycles. The van der Waals surface area contributed by atoms with Crippen LogP contribution in [0, 0.1) is 5.82 Å². The second kappa shape index (κ2) is 3.65. The molecule has 0 amide bonds. The van der Waals surface area contributed by atoms with Crippen LogP contribution in [-0.4, -0.2) is 15.6 Å². The molecule has 1 aromatic heterocycles. The molecule has 0 N–H and O–H groups in total. The summed E-state index contributed by atoms with van der Waals surface area (Å²) in [4.78, 5) is 11.8. The monoisotopic (exact) mass is 204 g/mol. The number of hydrogen-bond acceptors (Lipinski definition) is 2. The lowest BCUT2D eigenvalue weighted by Crippen LogP contribution is -2.03. The number of carbonyl (C=O) groups is 1. The van der Waals surface area contributed by atoms with Gasteiger partial charge in [-0.3, -0.25) is 9.48 Å². The van der Waals surface area contributed by atoms with Gasteiger partial charge in [0.15, 0.2) is 0 Å². The van der Waals surface area contributed by atoms with Crippen molar-refractivity contribution >= 4 is 5.78 Å². The molecule has 2 rings (SSSR count). The van der Waals surface area contributed by atoms with Gasteiger partial charge in [-0.25, -0.2) is 4.39 Å². The fraction of sp³-hybridized carbons (Fsp3) is 0.0909. The molecule has 0 aliphatic rings. The van der Waals surface area contributed by atoms with Crippen molar-refractivity contribution in [2.45, 2.75) is 0 Å². The third kappa shape index (κ3) is 1.93. The van der Waals surface area contributed by atoms with Gasteiger partial charge in [-0.2, -0.15) is 5.10 Å². The largest absolute Gasteiger partial charge is 0.287 e. The Bertz CT molecular complexity index is 505. The lowest BCUT2D eigenvalue weighted by Gasteiger charge is -1.97. The van der Waals surface area contributed by atoms with Crippen molar-refractivity contribution in [2.24, 2.45) is 7.05 Å². The van der Waals surface area contributed by atoms with E-state index >= 15 is 0 Å². The smallest absolute Gasteiger partial charge is 0.213 e. The maximum Gasteiger partial charge on any atom is 0.213 e. The van der Waals surface area contributed by atoms with Crippen molar-refractivity contribution in [1.29, 1.82) is 0 Å². The topological polar surface area (TPSA) is 34.9 Å². The van der Waals surface area contributed by atoms with Gasteiger partial charge < -0.3 is 0 Å². The molecule has 0 fully saturated rings. The molecule has 0 saturated carbocycles. The minimum Gasteiger partial charge on any atom is -0.287 e. The zero-order valence-corrected chi connectivity index (χ0v) is 8.14. The Morgan fingerprint density at radius 2 is 2.20 bits per heavy atom. The maximum atomic E-state index is 12.9. The van der Waals surface area contributed by atoms with E-state index in [1.54, 1.807) is 25.4 Å². The molecule has 2 aromatic rings. The number of nitrogens with zero attached hydrogens (tertiary/aromatic N) is 2. The van der Waals surface area contributed by atoms with E-state index in [2.05, 4.69) is 5.10 Å². The molecule has 76 valence electrons. The Morgan fingerprint density at radius 3 is 2.80 bits per heavy atom. The molecule has 15 heavy (non-hydrogen) atoms. The standard InChI is InChI=1S/C11H9FN2O/c1-14-6-5-10(13-14)11(15)8-3-2-4-9(12)7-8/h2-7H,1H3. The summed E-state index contributed by atoms with van der Waals surface area (Å²) in [6.07, 6.45) is 1.67. The molecule has 0 atom stereocenters. The van der Waals surface area contributed by atoms with Gasteiger partial charge in [0, 0.05) is 18.8 Å². The van der Waals surface area contributed by atoms with Crippen LogP contribution in [0.3, 0.4) is 0 Å². The van der Waals surface area contributed by atoms with Crippen molar-refractivity contribution in [3.05, 3.63) is 53.6 Å². The van der Waals surface area contributed by atoms with E-state index in [9.17, 15) is 9.18 Å². The highest BCUT2D eigenvalue weighted by Gasteiger charge is 2.11. The first kappa shape index (κ1) is 9.58. The van der Waals surface area contributed by atoms with Crippen LogP contribution < -0.4 is 0 Å². The van der Waals surface area contributed by atoms with Crippen molar-refractivity contribution in [3.63, 3.8) is 0 Å². The summed E-state index contributed by atoms with van der Waals surface area (Å²) in [7, 11) is 1.72. The molecule has 0 aliphatic heterocycles. The first-order valence-corrected chi connectivity index (χ1v) is 4.47. The second-order valence-electron chi connectivity index (χ2n) is 3.21. The molecule has 0 unspecified atom stereocenters. The van der Waals surface area contributed by atoms with Crippen molar-refractivity contribution < 1.29 is 9.18 Å². The Morgan fingerprint density at radius 1 is 1.40 bits per heavy atom. The first-order chi connectivity index (χ1) is 7.16. The lowest BCUT2D eigenvalue weighted by atomic mass is 10.1. The van der Waals surface area contributed by atoms with E-state index in [0.29, 0.717) is 11.3 Å². The van der Waals surface area contributed by atoms with Gasteiger partial charge in [-0.15, -0.1) is 0 Å². The van der Waals surface area contributed by atoms with Gasteiger partial charge >= 0.3 is 0 Å². The quantitative estimate of drug-likeness (QED) is 0.699. The SMILES string of the molecule is Cn1ccc(C(=O)c2cccc(F)c2)n1. The fourth-order valence-electron chi connectivity index (χ4n) is 1.31. The second-order valence-corrected chi connectivity index (χ2v) is 3.21. The number of aryl methyl sites for hydroxylation is 1. The van der Waals surface area contributed by atoms with E-state index < -0.39 is 5.82 Å². The molecule has 0 radical (unpaired) electrons. The van der Waals surface area contributed by atoms with Crippen LogP contribution in [-0.2, 0) is 7.05 Å². The summed E-state index contributed by atoms with van der Waals surface area (Å²) in [6.45, 7) is 0. The highest BCUT2D eigenvalue weighted by molar-refractivity contribution is 6.07. The number of benzene rings is 1. The van der Waals surface area contributed by atoms with Gasteiger partial charge in [-0.05, 0) is 18.2 Å². The first-order valence-electron chi connectivity index (χ1n) is 4.47. The number of hydrogen-bond donors (Lipinski definition) is 0. The van der Waals surface area contributed by atoms with Crippen LogP contribution in [0.5, 0.6) is 0 Å². The highest BCUT2D eigenvalue weighted by Crippen LogP contribution is 2.09. The van der Waals surface area contributed by atoms with Gasteiger partial charge in [0.1, 0.15) is 11.5 Å². The Kier molecular flexibility index (Phi) is 2.33. The minimum absolute atomic E-state index is 0.268. The summed E-state index contributed by atoms with van der Waals surface area (Å²) in [5.74, 6) is -0.688. The maximum absolute atomic E-state index is 12.9. The molecule has 3 nitrogen and oxygen atoms in total. The normalized spacial score (nSPS) is 10.3. The summed E-state index contributed by atoms with van der Waals surface area (Å²) >= 11 is 0. The van der Waals surface area contributed by atoms with Gasteiger partial charge in [0.2, 0.25) is 5.78 Å². The number of ketones is 1. The summed E-state index contributed by atoms with van der Waals surface area (Å²) in [6, 6.07) is 7.19. The number of rotatable bonds is 2. The number of halogens is 1. The predicted octanol–water partition coefficient (Wildman–Crippen LogP) is 1.79. The summed E-state index contributed by atoms with van der Waals surface area (Å²) in [5.41, 5.74) is 0.636. The predicted molar refractivity (Wildman–Crippen MR) is 53.0 cm³/mol. The molecular weight excluding hydrogens is 195 g/mol. The van der Waals surface area contributed by atoms with Crippen molar-refractivity contribution in [1.82, 2.24) is 9.78 Å². The van der Waals surface area contributed by atoms with Crippen molar-refractivity contribution in [2.75, 3.05) is 0 Å². The third-order valence-corrected chi connectivity index (χ3v) is 2.03. The molecule has 0 saturated heterocycles. The van der Waals surface area contributed by atoms with Crippen LogP contribution in [0.25, 0.3) is 0 Å². The Hall–Kier alpha value is -1.97. The number of carbonyl (C=O) groups excluding carboxylic acids is 1. The van der Waals surface area contributed by atoms with Gasteiger partial charge in [0.25, 0.3) is 0 Å². The van der Waals surface area contributed by atoms with E-state index in [1.165, 1.54) is 22.9 Å². The van der Waals surface area contributed by atoms with Crippen LogP contribution in [0.4, 0.5) is 4.39 Å². The molecule has 0 spiro atoms. The molecule has 4 heteroatoms. The minimum atomic E-state index is -0.420. The zero-order chi connectivity index (χ0) is 10.8. The van der Waals surface area contributed by atoms with Crippen LogP contribution in [0.1, 0.15) is 16.1 Å². The van der Waals surface area contributed by atoms with Crippen molar-refractivity contribution in [3.8, 4) is 0 Å². The van der Waals surface area contributed by atoms with E-state index in [-0.39, 0.29) is 5.78 Å². The summed E-state index contributed by atoms with van der Waals surface area (Å²) < 4.78 is 14.4. The average molecular weight is 204 g/mol. The lowest BCUT2D eigenvalue weighted by molar-refractivity contribution is 0.103. The Balaban J connectivity index is 2.36. The van der Waals surface area contributed by atoms with Crippen LogP contribution in [0.2, 0.25) is 0 Å². The molecular formula is C11H9FN2O. The van der Waals surface area contributed by atoms with E-state index in [4.69, 9.17) is 0 Å². The van der Waals surface area contributed by atoms with Crippen LogP contribution >= 0.6 is 0 Å². The highest BCUT2D eigenvalue weighted by atomic mass is 19.1. The fourth-order valence-corrected chi connectivity index (χ4v) is 1.31. The van der Waals surface area contributed by atoms with Gasteiger partial charge in [-0.1, -0.05) is 12.1 Å². The molecule has 1 heterocycles. The third-order valence-electron chi connectivity index (χ3n) is 2.03. The van der Waals surface area contributed by atoms with E-state index in [0.717, 1.165) is 0 Å². The van der Waals surface area contributed by atoms with Gasteiger partial charge in [0.05, 0.1) is 0 Å². The number of aromatic nitrogens is 2. The summed E-state index contributed by atoms with van der Waals surface area (Å²) in [5, 5.41) is 3.96. The zero-order valence-electron chi connectivity index (χ0n) is 8.14.